The highest BCUT2D eigenvalue weighted by Gasteiger charge is 2.24. The first kappa shape index (κ1) is 20.5. The average molecular weight is 458 g/mol. The van der Waals surface area contributed by atoms with E-state index in [9.17, 15) is 13.2 Å². The summed E-state index contributed by atoms with van der Waals surface area (Å²) in [4.78, 5) is 19.9. The monoisotopic (exact) mass is 456 g/mol. The Kier molecular flexibility index (Phi) is 6.20. The van der Waals surface area contributed by atoms with Crippen molar-refractivity contribution in [1.82, 2.24) is 9.97 Å². The molecule has 0 saturated heterocycles. The number of carbonyl (C=O) groups excluding carboxylic acids is 1. The Morgan fingerprint density at radius 1 is 0.929 bits per heavy atom. The summed E-state index contributed by atoms with van der Waals surface area (Å²) in [5.74, 6) is -1.08. The molecule has 28 heavy (non-hydrogen) atoms. The van der Waals surface area contributed by atoms with Gasteiger partial charge in [0.25, 0.3) is 0 Å². The van der Waals surface area contributed by atoms with Crippen LogP contribution in [0.5, 0.6) is 5.75 Å². The summed E-state index contributed by atoms with van der Waals surface area (Å²) in [5.41, 5.74) is 0.134. The van der Waals surface area contributed by atoms with Crippen LogP contribution in [0, 0.1) is 0 Å². The molecule has 10 heteroatoms. The summed E-state index contributed by atoms with van der Waals surface area (Å²) in [6, 6.07) is 12.3. The minimum Gasteiger partial charge on any atom is -0.422 e. The topological polar surface area (TPSA) is 86.2 Å². The second kappa shape index (κ2) is 8.45. The van der Waals surface area contributed by atoms with Gasteiger partial charge in [0.15, 0.2) is 5.69 Å². The zero-order valence-corrected chi connectivity index (χ0v) is 17.1. The van der Waals surface area contributed by atoms with E-state index < -0.39 is 21.0 Å². The van der Waals surface area contributed by atoms with Gasteiger partial charge in [-0.25, -0.2) is 23.2 Å². The summed E-state index contributed by atoms with van der Waals surface area (Å²) in [5, 5.41) is 0.283. The van der Waals surface area contributed by atoms with E-state index in [2.05, 4.69) is 9.97 Å². The van der Waals surface area contributed by atoms with Crippen LogP contribution in [0.2, 0.25) is 15.1 Å². The van der Waals surface area contributed by atoms with E-state index in [-0.39, 0.29) is 22.2 Å². The van der Waals surface area contributed by atoms with Gasteiger partial charge in [0.2, 0.25) is 15.0 Å². The van der Waals surface area contributed by atoms with Crippen LogP contribution in [0.3, 0.4) is 0 Å². The van der Waals surface area contributed by atoms with Crippen LogP contribution in [0.25, 0.3) is 0 Å². The zero-order valence-electron chi connectivity index (χ0n) is 14.0. The molecule has 1 aromatic heterocycles. The highest BCUT2D eigenvalue weighted by molar-refractivity contribution is 7.90. The summed E-state index contributed by atoms with van der Waals surface area (Å²) in [6.07, 6.45) is 1.04. The molecule has 0 unspecified atom stereocenters. The molecule has 0 radical (unpaired) electrons. The number of rotatable bonds is 5. The highest BCUT2D eigenvalue weighted by Crippen LogP contribution is 2.21. The fourth-order valence-electron chi connectivity index (χ4n) is 2.17. The third-order valence-corrected chi connectivity index (χ3v) is 5.73. The first-order valence-electron chi connectivity index (χ1n) is 7.72. The molecular formula is C18H11Cl3N2O4S. The number of hydrogen-bond donors (Lipinski definition) is 0. The van der Waals surface area contributed by atoms with E-state index in [0.29, 0.717) is 15.6 Å². The van der Waals surface area contributed by atoms with Crippen LogP contribution >= 0.6 is 34.8 Å². The minimum absolute atomic E-state index is 0.135. The summed E-state index contributed by atoms with van der Waals surface area (Å²) in [7, 11) is -3.93. The molecule has 0 saturated carbocycles. The standard InChI is InChI=1S/C18H11Cl3N2O4S/c19-12-3-1-11(2-4-12)10-28(25,26)18-22-9-15(21)16(23-18)17(24)27-14-7-5-13(20)6-8-14/h1-9H,10H2. The summed E-state index contributed by atoms with van der Waals surface area (Å²) >= 11 is 17.5. The van der Waals surface area contributed by atoms with Gasteiger partial charge in [-0.05, 0) is 42.0 Å². The van der Waals surface area contributed by atoms with Gasteiger partial charge in [0.1, 0.15) is 5.75 Å². The van der Waals surface area contributed by atoms with E-state index in [0.717, 1.165) is 6.20 Å². The molecule has 3 rings (SSSR count). The van der Waals surface area contributed by atoms with Gasteiger partial charge in [0.05, 0.1) is 17.0 Å². The number of esters is 1. The predicted octanol–water partition coefficient (Wildman–Crippen LogP) is 4.63. The van der Waals surface area contributed by atoms with Gasteiger partial charge >= 0.3 is 5.97 Å². The summed E-state index contributed by atoms with van der Waals surface area (Å²) < 4.78 is 30.4. The van der Waals surface area contributed by atoms with E-state index in [1.165, 1.54) is 24.3 Å². The Bertz CT molecular complexity index is 1120. The van der Waals surface area contributed by atoms with Gasteiger partial charge in [-0.3, -0.25) is 0 Å². The van der Waals surface area contributed by atoms with Crippen LogP contribution in [0.4, 0.5) is 0 Å². The highest BCUT2D eigenvalue weighted by atomic mass is 35.5. The largest absolute Gasteiger partial charge is 0.422 e. The second-order valence-corrected chi connectivity index (χ2v) is 8.74. The van der Waals surface area contributed by atoms with E-state index in [1.807, 2.05) is 0 Å². The maximum atomic E-state index is 12.6. The number of hydrogen-bond acceptors (Lipinski definition) is 6. The number of benzene rings is 2. The molecule has 0 atom stereocenters. The Morgan fingerprint density at radius 2 is 1.50 bits per heavy atom. The molecule has 0 N–H and O–H groups in total. The molecule has 0 amide bonds. The number of sulfone groups is 1. The van der Waals surface area contributed by atoms with E-state index in [4.69, 9.17) is 39.5 Å². The molecule has 3 aromatic rings. The molecule has 144 valence electrons. The Labute approximate surface area is 176 Å². The second-order valence-electron chi connectivity index (χ2n) is 5.58. The fourth-order valence-corrected chi connectivity index (χ4v) is 3.79. The Hall–Kier alpha value is -2.19. The zero-order chi connectivity index (χ0) is 20.3. The van der Waals surface area contributed by atoms with E-state index in [1.54, 1.807) is 24.3 Å². The number of carbonyl (C=O) groups is 1. The molecular weight excluding hydrogens is 447 g/mol. The van der Waals surface area contributed by atoms with Crippen LogP contribution in [-0.2, 0) is 15.6 Å². The molecule has 1 heterocycles. The molecule has 0 aliphatic heterocycles. The van der Waals surface area contributed by atoms with Crippen molar-refractivity contribution in [2.45, 2.75) is 10.9 Å². The van der Waals surface area contributed by atoms with Crippen molar-refractivity contribution in [2.75, 3.05) is 0 Å². The smallest absolute Gasteiger partial charge is 0.364 e. The predicted molar refractivity (Wildman–Crippen MR) is 106 cm³/mol. The molecule has 2 aromatic carbocycles. The van der Waals surface area contributed by atoms with Crippen molar-refractivity contribution < 1.29 is 17.9 Å². The van der Waals surface area contributed by atoms with Crippen LogP contribution in [0.1, 0.15) is 16.1 Å². The Morgan fingerprint density at radius 3 is 2.11 bits per heavy atom. The lowest BCUT2D eigenvalue weighted by molar-refractivity contribution is 0.0727. The van der Waals surface area contributed by atoms with Crippen molar-refractivity contribution in [2.24, 2.45) is 0 Å². The number of aromatic nitrogens is 2. The minimum atomic E-state index is -3.93. The number of ether oxygens (including phenoxy) is 1. The Balaban J connectivity index is 1.86. The van der Waals surface area contributed by atoms with Crippen molar-refractivity contribution in [3.05, 3.63) is 81.1 Å². The van der Waals surface area contributed by atoms with Gasteiger partial charge in [0, 0.05) is 10.0 Å². The maximum absolute atomic E-state index is 12.6. The van der Waals surface area contributed by atoms with Crippen LogP contribution < -0.4 is 4.74 Å². The average Bonchev–Trinajstić information content (AvgIpc) is 2.65. The lowest BCUT2D eigenvalue weighted by Gasteiger charge is -2.08. The van der Waals surface area contributed by atoms with Crippen molar-refractivity contribution >= 4 is 50.6 Å². The van der Waals surface area contributed by atoms with Gasteiger partial charge in [-0.1, -0.05) is 46.9 Å². The molecule has 0 spiro atoms. The third-order valence-electron chi connectivity index (χ3n) is 3.49. The molecule has 0 fully saturated rings. The quantitative estimate of drug-likeness (QED) is 0.315. The SMILES string of the molecule is O=C(Oc1ccc(Cl)cc1)c1nc(S(=O)(=O)Cc2ccc(Cl)cc2)ncc1Cl. The van der Waals surface area contributed by atoms with Gasteiger partial charge < -0.3 is 4.74 Å². The molecule has 0 aliphatic carbocycles. The van der Waals surface area contributed by atoms with Crippen molar-refractivity contribution in [3.8, 4) is 5.75 Å². The van der Waals surface area contributed by atoms with Crippen molar-refractivity contribution in [3.63, 3.8) is 0 Å². The first-order valence-corrected chi connectivity index (χ1v) is 10.5. The first-order chi connectivity index (χ1) is 13.2. The fraction of sp³-hybridized carbons (Fsp3) is 0.0556. The number of nitrogens with zero attached hydrogens (tertiary/aromatic N) is 2. The number of halogens is 3. The van der Waals surface area contributed by atoms with Crippen molar-refractivity contribution in [1.29, 1.82) is 0 Å². The van der Waals surface area contributed by atoms with Gasteiger partial charge in [-0.15, -0.1) is 0 Å². The summed E-state index contributed by atoms with van der Waals surface area (Å²) in [6.45, 7) is 0. The lowest BCUT2D eigenvalue weighted by atomic mass is 10.2. The maximum Gasteiger partial charge on any atom is 0.364 e. The van der Waals surface area contributed by atoms with Crippen LogP contribution in [0.15, 0.2) is 59.9 Å². The molecule has 0 aliphatic rings. The normalized spacial score (nSPS) is 11.2. The van der Waals surface area contributed by atoms with Crippen LogP contribution in [-0.4, -0.2) is 24.4 Å². The lowest BCUT2D eigenvalue weighted by Crippen LogP contribution is -2.16. The molecule has 0 bridgehead atoms. The third kappa shape index (κ3) is 4.99. The van der Waals surface area contributed by atoms with Gasteiger partial charge in [-0.2, -0.15) is 0 Å². The van der Waals surface area contributed by atoms with E-state index >= 15 is 0 Å². The molecule has 6 nitrogen and oxygen atoms in total.